The second kappa shape index (κ2) is 7.46. The Bertz CT molecular complexity index is 834. The van der Waals surface area contributed by atoms with Gasteiger partial charge in [-0.05, 0) is 46.2 Å². The molecule has 3 aromatic rings. The molecule has 2 aromatic carbocycles. The van der Waals surface area contributed by atoms with Crippen molar-refractivity contribution in [1.29, 1.82) is 0 Å². The van der Waals surface area contributed by atoms with E-state index in [9.17, 15) is 4.79 Å². The lowest BCUT2D eigenvalue weighted by Crippen LogP contribution is -2.34. The minimum atomic E-state index is -0.200. The smallest absolute Gasteiger partial charge is 0.315 e. The van der Waals surface area contributed by atoms with Crippen LogP contribution in [0.15, 0.2) is 60.9 Å². The van der Waals surface area contributed by atoms with Gasteiger partial charge in [0.15, 0.2) is 0 Å². The Labute approximate surface area is 140 Å². The number of fused-ring (bicyclic) bond motifs is 1. The van der Waals surface area contributed by atoms with Crippen molar-refractivity contribution >= 4 is 16.8 Å². The Kier molecular flexibility index (Phi) is 4.91. The predicted octanol–water partition coefficient (Wildman–Crippen LogP) is 3.24. The molecular formula is C19H19N3O2. The number of hydrogen-bond acceptors (Lipinski definition) is 3. The van der Waals surface area contributed by atoms with E-state index in [0.29, 0.717) is 13.1 Å². The first-order valence-corrected chi connectivity index (χ1v) is 7.72. The molecule has 1 heterocycles. The summed E-state index contributed by atoms with van der Waals surface area (Å²) in [5, 5.41) is 7.90. The van der Waals surface area contributed by atoms with E-state index in [2.05, 4.69) is 21.7 Å². The largest absolute Gasteiger partial charge is 0.497 e. The number of rotatable bonds is 5. The third kappa shape index (κ3) is 4.01. The Balaban J connectivity index is 1.56. The fraction of sp³-hybridized carbons (Fsp3) is 0.158. The lowest BCUT2D eigenvalue weighted by molar-refractivity contribution is 0.240. The number of hydrogen-bond donors (Lipinski definition) is 2. The highest BCUT2D eigenvalue weighted by atomic mass is 16.5. The Morgan fingerprint density at radius 1 is 1.00 bits per heavy atom. The zero-order valence-electron chi connectivity index (χ0n) is 13.5. The average molecular weight is 321 g/mol. The van der Waals surface area contributed by atoms with E-state index in [-0.39, 0.29) is 6.03 Å². The van der Waals surface area contributed by atoms with Crippen LogP contribution in [0.2, 0.25) is 0 Å². The standard InChI is InChI=1S/C19H19N3O2/c1-24-18-7-6-16-9-14(4-5-17(16)10-18)12-21-19(23)22-13-15-3-2-8-20-11-15/h2-11H,12-13H2,1H3,(H2,21,22,23). The second-order valence-electron chi connectivity index (χ2n) is 5.44. The van der Waals surface area contributed by atoms with E-state index in [0.717, 1.165) is 27.6 Å². The lowest BCUT2D eigenvalue weighted by Gasteiger charge is -2.09. The van der Waals surface area contributed by atoms with Gasteiger partial charge in [0.2, 0.25) is 0 Å². The van der Waals surface area contributed by atoms with Gasteiger partial charge in [-0.15, -0.1) is 0 Å². The third-order valence-electron chi connectivity index (χ3n) is 3.74. The van der Waals surface area contributed by atoms with E-state index in [1.807, 2.05) is 42.5 Å². The molecule has 0 radical (unpaired) electrons. The van der Waals surface area contributed by atoms with Gasteiger partial charge in [0.1, 0.15) is 5.75 Å². The number of amides is 2. The van der Waals surface area contributed by atoms with Crippen LogP contribution in [0.25, 0.3) is 10.8 Å². The van der Waals surface area contributed by atoms with Crippen LogP contribution in [0.3, 0.4) is 0 Å². The summed E-state index contributed by atoms with van der Waals surface area (Å²) in [6.07, 6.45) is 3.44. The van der Waals surface area contributed by atoms with E-state index in [1.165, 1.54) is 0 Å². The summed E-state index contributed by atoms with van der Waals surface area (Å²) in [6.45, 7) is 0.929. The van der Waals surface area contributed by atoms with Crippen molar-refractivity contribution in [3.05, 3.63) is 72.1 Å². The van der Waals surface area contributed by atoms with E-state index >= 15 is 0 Å². The average Bonchev–Trinajstić information content (AvgIpc) is 2.65. The highest BCUT2D eigenvalue weighted by Crippen LogP contribution is 2.21. The number of nitrogens with one attached hydrogen (secondary N) is 2. The van der Waals surface area contributed by atoms with Crippen molar-refractivity contribution in [2.24, 2.45) is 0 Å². The molecular weight excluding hydrogens is 302 g/mol. The Morgan fingerprint density at radius 2 is 1.75 bits per heavy atom. The second-order valence-corrected chi connectivity index (χ2v) is 5.44. The quantitative estimate of drug-likeness (QED) is 0.758. The Hall–Kier alpha value is -3.08. The van der Waals surface area contributed by atoms with E-state index in [1.54, 1.807) is 19.5 Å². The molecule has 0 atom stereocenters. The molecule has 3 rings (SSSR count). The van der Waals surface area contributed by atoms with Crippen LogP contribution in [-0.2, 0) is 13.1 Å². The SMILES string of the molecule is COc1ccc2cc(CNC(=O)NCc3cccnc3)ccc2c1. The molecule has 0 aliphatic carbocycles. The van der Waals surface area contributed by atoms with Gasteiger partial charge in [-0.1, -0.05) is 24.3 Å². The van der Waals surface area contributed by atoms with Crippen LogP contribution in [0.4, 0.5) is 4.79 Å². The fourth-order valence-electron chi connectivity index (χ4n) is 2.44. The molecule has 1 aromatic heterocycles. The lowest BCUT2D eigenvalue weighted by atomic mass is 10.1. The van der Waals surface area contributed by atoms with Crippen molar-refractivity contribution in [3.8, 4) is 5.75 Å². The summed E-state index contributed by atoms with van der Waals surface area (Å²) >= 11 is 0. The topological polar surface area (TPSA) is 63.2 Å². The number of nitrogens with zero attached hydrogens (tertiary/aromatic N) is 1. The van der Waals surface area contributed by atoms with Gasteiger partial charge in [0.25, 0.3) is 0 Å². The van der Waals surface area contributed by atoms with Gasteiger partial charge in [0, 0.05) is 25.5 Å². The minimum Gasteiger partial charge on any atom is -0.497 e. The van der Waals surface area contributed by atoms with Gasteiger partial charge < -0.3 is 15.4 Å². The molecule has 24 heavy (non-hydrogen) atoms. The van der Waals surface area contributed by atoms with Crippen molar-refractivity contribution < 1.29 is 9.53 Å². The third-order valence-corrected chi connectivity index (χ3v) is 3.74. The summed E-state index contributed by atoms with van der Waals surface area (Å²) in [5.74, 6) is 0.836. The maximum Gasteiger partial charge on any atom is 0.315 e. The highest BCUT2D eigenvalue weighted by molar-refractivity contribution is 5.84. The van der Waals surface area contributed by atoms with Gasteiger partial charge in [-0.2, -0.15) is 0 Å². The molecule has 0 aliphatic heterocycles. The van der Waals surface area contributed by atoms with Gasteiger partial charge in [0.05, 0.1) is 7.11 Å². The molecule has 122 valence electrons. The number of ether oxygens (including phenoxy) is 1. The first-order valence-electron chi connectivity index (χ1n) is 7.72. The van der Waals surface area contributed by atoms with Crippen molar-refractivity contribution in [3.63, 3.8) is 0 Å². The number of urea groups is 1. The van der Waals surface area contributed by atoms with Crippen molar-refractivity contribution in [2.75, 3.05) is 7.11 Å². The van der Waals surface area contributed by atoms with Gasteiger partial charge in [-0.25, -0.2) is 4.79 Å². The van der Waals surface area contributed by atoms with E-state index in [4.69, 9.17) is 4.74 Å². The number of pyridine rings is 1. The van der Waals surface area contributed by atoms with Crippen LogP contribution in [0.5, 0.6) is 5.75 Å². The maximum atomic E-state index is 11.9. The van der Waals surface area contributed by atoms with Crippen molar-refractivity contribution in [1.82, 2.24) is 15.6 Å². The first-order chi connectivity index (χ1) is 11.7. The minimum absolute atomic E-state index is 0.200. The molecule has 0 fully saturated rings. The predicted molar refractivity (Wildman–Crippen MR) is 93.8 cm³/mol. The fourth-order valence-corrected chi connectivity index (χ4v) is 2.44. The normalized spacial score (nSPS) is 10.4. The number of aromatic nitrogens is 1. The summed E-state index contributed by atoms with van der Waals surface area (Å²) in [7, 11) is 1.66. The first kappa shape index (κ1) is 15.8. The van der Waals surface area contributed by atoms with Crippen LogP contribution in [0, 0.1) is 0 Å². The summed E-state index contributed by atoms with van der Waals surface area (Å²) < 4.78 is 5.23. The van der Waals surface area contributed by atoms with Gasteiger partial charge in [-0.3, -0.25) is 4.98 Å². The molecule has 0 bridgehead atoms. The van der Waals surface area contributed by atoms with E-state index < -0.39 is 0 Å². The van der Waals surface area contributed by atoms with Gasteiger partial charge >= 0.3 is 6.03 Å². The monoisotopic (exact) mass is 321 g/mol. The van der Waals surface area contributed by atoms with Crippen LogP contribution < -0.4 is 15.4 Å². The van der Waals surface area contributed by atoms with Crippen LogP contribution in [-0.4, -0.2) is 18.1 Å². The summed E-state index contributed by atoms with van der Waals surface area (Å²) in [6, 6.07) is 15.6. The molecule has 2 N–H and O–H groups in total. The number of benzene rings is 2. The number of carbonyl (C=O) groups excluding carboxylic acids is 1. The maximum absolute atomic E-state index is 11.9. The molecule has 5 heteroatoms. The molecule has 0 spiro atoms. The molecule has 0 saturated carbocycles. The molecule has 2 amide bonds. The molecule has 5 nitrogen and oxygen atoms in total. The highest BCUT2D eigenvalue weighted by Gasteiger charge is 2.03. The summed E-state index contributed by atoms with van der Waals surface area (Å²) in [5.41, 5.74) is 2.01. The zero-order valence-corrected chi connectivity index (χ0v) is 13.5. The molecule has 0 unspecified atom stereocenters. The summed E-state index contributed by atoms with van der Waals surface area (Å²) in [4.78, 5) is 15.9. The zero-order chi connectivity index (χ0) is 16.8. The Morgan fingerprint density at radius 3 is 2.50 bits per heavy atom. The molecule has 0 aliphatic rings. The molecule has 0 saturated heterocycles. The number of methoxy groups -OCH3 is 1. The number of carbonyl (C=O) groups is 1. The van der Waals surface area contributed by atoms with Crippen molar-refractivity contribution in [2.45, 2.75) is 13.1 Å². The van der Waals surface area contributed by atoms with Crippen LogP contribution in [0.1, 0.15) is 11.1 Å². The van der Waals surface area contributed by atoms with Crippen LogP contribution >= 0.6 is 0 Å².